The van der Waals surface area contributed by atoms with Crippen LogP contribution in [0.4, 0.5) is 5.69 Å². The highest BCUT2D eigenvalue weighted by molar-refractivity contribution is 5.93. The van der Waals surface area contributed by atoms with E-state index in [4.69, 9.17) is 5.26 Å². The summed E-state index contributed by atoms with van der Waals surface area (Å²) >= 11 is 0. The van der Waals surface area contributed by atoms with Gasteiger partial charge >= 0.3 is 0 Å². The Morgan fingerprint density at radius 1 is 1.28 bits per heavy atom. The minimum absolute atomic E-state index is 0.0598. The molecule has 3 nitrogen and oxygen atoms in total. The Balaban J connectivity index is 2.01. The van der Waals surface area contributed by atoms with E-state index < -0.39 is 0 Å². The van der Waals surface area contributed by atoms with Crippen LogP contribution in [0.3, 0.4) is 0 Å². The van der Waals surface area contributed by atoms with Crippen molar-refractivity contribution in [2.75, 3.05) is 5.32 Å². The molecule has 1 aromatic rings. The summed E-state index contributed by atoms with van der Waals surface area (Å²) < 4.78 is 0. The van der Waals surface area contributed by atoms with E-state index in [1.54, 1.807) is 18.2 Å². The summed E-state index contributed by atoms with van der Waals surface area (Å²) in [6.07, 6.45) is 4.17. The molecule has 0 unspecified atom stereocenters. The van der Waals surface area contributed by atoms with Gasteiger partial charge in [0.2, 0.25) is 5.91 Å². The average Bonchev–Trinajstić information content (AvgIpc) is 2.40. The number of rotatable bonds is 2. The van der Waals surface area contributed by atoms with E-state index in [1.807, 2.05) is 6.07 Å². The summed E-state index contributed by atoms with van der Waals surface area (Å²) in [5.74, 6) is 0.901. The Hall–Kier alpha value is -1.82. The van der Waals surface area contributed by atoms with Gasteiger partial charge in [0, 0.05) is 5.92 Å². The standard InChI is InChI=1S/C15H18N2O/c1-11-6-8-12(9-7-11)15(18)17-14-5-3-2-4-13(14)10-16/h2-5,11-12H,6-9H2,1H3,(H,17,18). The molecule has 1 fully saturated rings. The van der Waals surface area contributed by atoms with E-state index in [0.29, 0.717) is 11.3 Å². The van der Waals surface area contributed by atoms with Crippen LogP contribution in [0.1, 0.15) is 38.2 Å². The van der Waals surface area contributed by atoms with E-state index in [0.717, 1.165) is 31.6 Å². The van der Waals surface area contributed by atoms with Crippen molar-refractivity contribution in [2.24, 2.45) is 11.8 Å². The fraction of sp³-hybridized carbons (Fsp3) is 0.467. The van der Waals surface area contributed by atoms with Gasteiger partial charge in [0.05, 0.1) is 11.3 Å². The summed E-state index contributed by atoms with van der Waals surface area (Å²) in [5, 5.41) is 11.9. The van der Waals surface area contributed by atoms with Crippen molar-refractivity contribution >= 4 is 11.6 Å². The SMILES string of the molecule is CC1CCC(C(=O)Nc2ccccc2C#N)CC1. The minimum Gasteiger partial charge on any atom is -0.325 e. The van der Waals surface area contributed by atoms with E-state index in [9.17, 15) is 4.79 Å². The lowest BCUT2D eigenvalue weighted by molar-refractivity contribution is -0.121. The third kappa shape index (κ3) is 2.89. The molecule has 0 aliphatic heterocycles. The Kier molecular flexibility index (Phi) is 3.99. The first-order valence-corrected chi connectivity index (χ1v) is 6.50. The maximum absolute atomic E-state index is 12.1. The lowest BCUT2D eigenvalue weighted by atomic mass is 9.82. The zero-order chi connectivity index (χ0) is 13.0. The fourth-order valence-corrected chi connectivity index (χ4v) is 2.45. The second kappa shape index (κ2) is 5.68. The first-order chi connectivity index (χ1) is 8.70. The lowest BCUT2D eigenvalue weighted by Gasteiger charge is -2.25. The van der Waals surface area contributed by atoms with Gasteiger partial charge in [-0.15, -0.1) is 0 Å². The number of hydrogen-bond donors (Lipinski definition) is 1. The second-order valence-electron chi connectivity index (χ2n) is 5.10. The predicted octanol–water partition coefficient (Wildman–Crippen LogP) is 3.32. The molecule has 1 saturated carbocycles. The smallest absolute Gasteiger partial charge is 0.227 e. The van der Waals surface area contributed by atoms with Crippen molar-refractivity contribution in [2.45, 2.75) is 32.6 Å². The van der Waals surface area contributed by atoms with Crippen LogP contribution in [-0.4, -0.2) is 5.91 Å². The number of nitriles is 1. The maximum Gasteiger partial charge on any atom is 0.227 e. The molecule has 94 valence electrons. The number of hydrogen-bond acceptors (Lipinski definition) is 2. The molecular formula is C15H18N2O. The van der Waals surface area contributed by atoms with Gasteiger partial charge in [-0.3, -0.25) is 4.79 Å². The van der Waals surface area contributed by atoms with Gasteiger partial charge in [0.25, 0.3) is 0 Å². The highest BCUT2D eigenvalue weighted by atomic mass is 16.1. The first kappa shape index (κ1) is 12.6. The summed E-state index contributed by atoms with van der Waals surface area (Å²) in [6.45, 7) is 2.24. The van der Waals surface area contributed by atoms with Gasteiger partial charge < -0.3 is 5.32 Å². The Bertz CT molecular complexity index is 468. The average molecular weight is 242 g/mol. The number of amides is 1. The molecule has 0 aromatic heterocycles. The van der Waals surface area contributed by atoms with Gasteiger partial charge in [0.1, 0.15) is 6.07 Å². The predicted molar refractivity (Wildman–Crippen MR) is 70.9 cm³/mol. The molecule has 1 aliphatic rings. The van der Waals surface area contributed by atoms with Gasteiger partial charge in [0.15, 0.2) is 0 Å². The monoisotopic (exact) mass is 242 g/mol. The number of anilines is 1. The maximum atomic E-state index is 12.1. The molecular weight excluding hydrogens is 224 g/mol. The third-order valence-corrected chi connectivity index (χ3v) is 3.69. The topological polar surface area (TPSA) is 52.9 Å². The van der Waals surface area contributed by atoms with Crippen LogP contribution in [0.5, 0.6) is 0 Å². The molecule has 3 heteroatoms. The van der Waals surface area contributed by atoms with Crippen molar-refractivity contribution in [3.63, 3.8) is 0 Å². The third-order valence-electron chi connectivity index (χ3n) is 3.69. The number of nitrogens with zero attached hydrogens (tertiary/aromatic N) is 1. The summed E-state index contributed by atoms with van der Waals surface area (Å²) in [5.41, 5.74) is 1.15. The molecule has 0 saturated heterocycles. The molecule has 1 aliphatic carbocycles. The van der Waals surface area contributed by atoms with Crippen molar-refractivity contribution < 1.29 is 4.79 Å². The summed E-state index contributed by atoms with van der Waals surface area (Å²) in [6, 6.07) is 9.23. The molecule has 1 amide bonds. The molecule has 0 spiro atoms. The van der Waals surface area contributed by atoms with Crippen molar-refractivity contribution in [1.29, 1.82) is 5.26 Å². The van der Waals surface area contributed by atoms with E-state index in [2.05, 4.69) is 18.3 Å². The number of nitrogens with one attached hydrogen (secondary N) is 1. The first-order valence-electron chi connectivity index (χ1n) is 6.50. The molecule has 0 bridgehead atoms. The second-order valence-corrected chi connectivity index (χ2v) is 5.10. The lowest BCUT2D eigenvalue weighted by Crippen LogP contribution is -2.26. The Morgan fingerprint density at radius 3 is 2.61 bits per heavy atom. The number of benzene rings is 1. The number of para-hydroxylation sites is 1. The molecule has 18 heavy (non-hydrogen) atoms. The zero-order valence-corrected chi connectivity index (χ0v) is 10.6. The van der Waals surface area contributed by atoms with E-state index in [1.165, 1.54) is 0 Å². The molecule has 1 N–H and O–H groups in total. The largest absolute Gasteiger partial charge is 0.325 e. The Morgan fingerprint density at radius 2 is 1.94 bits per heavy atom. The highest BCUT2D eigenvalue weighted by Gasteiger charge is 2.24. The van der Waals surface area contributed by atoms with Crippen LogP contribution >= 0.6 is 0 Å². The quantitative estimate of drug-likeness (QED) is 0.864. The van der Waals surface area contributed by atoms with Crippen LogP contribution in [0.25, 0.3) is 0 Å². The fourth-order valence-electron chi connectivity index (χ4n) is 2.45. The van der Waals surface area contributed by atoms with Crippen molar-refractivity contribution in [3.8, 4) is 6.07 Å². The van der Waals surface area contributed by atoms with Crippen molar-refractivity contribution in [1.82, 2.24) is 0 Å². The molecule has 1 aromatic carbocycles. The Labute approximate surface area is 108 Å². The van der Waals surface area contributed by atoms with Gasteiger partial charge in [-0.2, -0.15) is 5.26 Å². The van der Waals surface area contributed by atoms with E-state index >= 15 is 0 Å². The normalized spacial score (nSPS) is 23.1. The zero-order valence-electron chi connectivity index (χ0n) is 10.6. The van der Waals surface area contributed by atoms with Crippen LogP contribution in [0.2, 0.25) is 0 Å². The molecule has 0 atom stereocenters. The molecule has 0 heterocycles. The summed E-state index contributed by atoms with van der Waals surface area (Å²) in [4.78, 5) is 12.1. The molecule has 2 rings (SSSR count). The highest BCUT2D eigenvalue weighted by Crippen LogP contribution is 2.29. The van der Waals surface area contributed by atoms with Crippen molar-refractivity contribution in [3.05, 3.63) is 29.8 Å². The number of carbonyl (C=O) groups excluding carboxylic acids is 1. The van der Waals surface area contributed by atoms with Crippen LogP contribution < -0.4 is 5.32 Å². The van der Waals surface area contributed by atoms with Gasteiger partial charge in [-0.25, -0.2) is 0 Å². The van der Waals surface area contributed by atoms with E-state index in [-0.39, 0.29) is 11.8 Å². The number of carbonyl (C=O) groups is 1. The summed E-state index contributed by atoms with van der Waals surface area (Å²) in [7, 11) is 0. The van der Waals surface area contributed by atoms with Gasteiger partial charge in [-0.05, 0) is 43.7 Å². The minimum atomic E-state index is 0.0598. The van der Waals surface area contributed by atoms with Crippen LogP contribution in [-0.2, 0) is 4.79 Å². The van der Waals surface area contributed by atoms with Crippen LogP contribution in [0, 0.1) is 23.2 Å². The van der Waals surface area contributed by atoms with Crippen LogP contribution in [0.15, 0.2) is 24.3 Å². The van der Waals surface area contributed by atoms with Gasteiger partial charge in [-0.1, -0.05) is 19.1 Å². The molecule has 0 radical (unpaired) electrons.